The van der Waals surface area contributed by atoms with Crippen molar-refractivity contribution >= 4 is 0 Å². The van der Waals surface area contributed by atoms with Crippen LogP contribution in [0.1, 0.15) is 33.6 Å². The normalized spacial score (nSPS) is 63.0. The van der Waals surface area contributed by atoms with Gasteiger partial charge in [-0.25, -0.2) is 0 Å². The van der Waals surface area contributed by atoms with E-state index >= 15 is 0 Å². The second kappa shape index (κ2) is 1.39. The van der Waals surface area contributed by atoms with Gasteiger partial charge in [0.15, 0.2) is 0 Å². The third-order valence-corrected chi connectivity index (χ3v) is 4.42. The van der Waals surface area contributed by atoms with Crippen LogP contribution in [0.4, 0.5) is 0 Å². The summed E-state index contributed by atoms with van der Waals surface area (Å²) in [5, 5.41) is 0. The Morgan fingerprint density at radius 2 is 1.91 bits per heavy atom. The number of ether oxygens (including phenoxy) is 1. The predicted octanol–water partition coefficient (Wildman–Crippen LogP) is 2.21. The molecule has 11 heavy (non-hydrogen) atoms. The van der Waals surface area contributed by atoms with Crippen molar-refractivity contribution in [2.75, 3.05) is 0 Å². The van der Waals surface area contributed by atoms with E-state index in [1.807, 2.05) is 0 Å². The van der Waals surface area contributed by atoms with Crippen molar-refractivity contribution in [1.82, 2.24) is 0 Å². The summed E-state index contributed by atoms with van der Waals surface area (Å²) >= 11 is 0. The number of rotatable bonds is 0. The molecular weight excluding hydrogens is 136 g/mol. The Balaban J connectivity index is 1.85. The largest absolute Gasteiger partial charge is 0.366 e. The monoisotopic (exact) mass is 152 g/mol. The van der Waals surface area contributed by atoms with Crippen molar-refractivity contribution in [2.45, 2.75) is 45.3 Å². The Labute approximate surface area is 68.1 Å². The van der Waals surface area contributed by atoms with Gasteiger partial charge in [0.2, 0.25) is 0 Å². The van der Waals surface area contributed by atoms with Crippen LogP contribution in [0.5, 0.6) is 0 Å². The van der Waals surface area contributed by atoms with E-state index in [4.69, 9.17) is 4.74 Å². The molecule has 2 aliphatic carbocycles. The fourth-order valence-electron chi connectivity index (χ4n) is 3.17. The molecule has 3 fully saturated rings. The quantitative estimate of drug-likeness (QED) is 0.485. The summed E-state index contributed by atoms with van der Waals surface area (Å²) in [4.78, 5) is 0. The van der Waals surface area contributed by atoms with E-state index in [-0.39, 0.29) is 0 Å². The van der Waals surface area contributed by atoms with Crippen LogP contribution in [0.15, 0.2) is 0 Å². The summed E-state index contributed by atoms with van der Waals surface area (Å²) in [5.74, 6) is 1.97. The van der Waals surface area contributed by atoms with Crippen molar-refractivity contribution in [3.8, 4) is 0 Å². The fraction of sp³-hybridized carbons (Fsp3) is 1.00. The molecule has 4 atom stereocenters. The highest BCUT2D eigenvalue weighted by molar-refractivity contribution is 5.18. The Morgan fingerprint density at radius 1 is 1.18 bits per heavy atom. The molecule has 3 aliphatic rings. The zero-order chi connectivity index (χ0) is 7.85. The van der Waals surface area contributed by atoms with Gasteiger partial charge in [-0.15, -0.1) is 0 Å². The average molecular weight is 152 g/mol. The van der Waals surface area contributed by atoms with Gasteiger partial charge >= 0.3 is 0 Å². The molecule has 1 heterocycles. The summed E-state index contributed by atoms with van der Waals surface area (Å²) in [7, 11) is 0. The van der Waals surface area contributed by atoms with E-state index < -0.39 is 0 Å². The third-order valence-electron chi connectivity index (χ3n) is 4.42. The molecule has 1 saturated heterocycles. The van der Waals surface area contributed by atoms with Crippen LogP contribution in [0.3, 0.4) is 0 Å². The standard InChI is InChI=1S/C10H16O/c1-9(2)6-4-8-10(3,11-8)5-7(6)9/h6-8H,4-5H2,1-3H3/t6-,7-,8+,10-/m1/s1. The predicted molar refractivity (Wildman–Crippen MR) is 43.3 cm³/mol. The zero-order valence-electron chi connectivity index (χ0n) is 7.55. The topological polar surface area (TPSA) is 12.5 Å². The second-order valence-electron chi connectivity index (χ2n) is 5.39. The Morgan fingerprint density at radius 3 is 2.55 bits per heavy atom. The molecule has 0 aromatic carbocycles. The molecule has 0 radical (unpaired) electrons. The van der Waals surface area contributed by atoms with Crippen LogP contribution < -0.4 is 0 Å². The fourth-order valence-corrected chi connectivity index (χ4v) is 3.17. The zero-order valence-corrected chi connectivity index (χ0v) is 7.55. The van der Waals surface area contributed by atoms with Gasteiger partial charge in [-0.05, 0) is 37.0 Å². The molecule has 0 spiro atoms. The van der Waals surface area contributed by atoms with Gasteiger partial charge in [0.05, 0.1) is 11.7 Å². The van der Waals surface area contributed by atoms with Crippen molar-refractivity contribution in [3.05, 3.63) is 0 Å². The van der Waals surface area contributed by atoms with Gasteiger partial charge in [-0.1, -0.05) is 13.8 Å². The second-order valence-corrected chi connectivity index (χ2v) is 5.39. The molecule has 3 rings (SSSR count). The number of hydrogen-bond donors (Lipinski definition) is 0. The van der Waals surface area contributed by atoms with E-state index in [0.29, 0.717) is 17.1 Å². The van der Waals surface area contributed by atoms with Crippen LogP contribution in [0.25, 0.3) is 0 Å². The molecule has 0 aromatic rings. The van der Waals surface area contributed by atoms with E-state index in [9.17, 15) is 0 Å². The van der Waals surface area contributed by atoms with Gasteiger partial charge in [0.25, 0.3) is 0 Å². The Hall–Kier alpha value is -0.0400. The lowest BCUT2D eigenvalue weighted by atomic mass is 9.91. The molecule has 0 bridgehead atoms. The summed E-state index contributed by atoms with van der Waals surface area (Å²) in [6.07, 6.45) is 3.30. The molecule has 2 saturated carbocycles. The lowest BCUT2D eigenvalue weighted by Crippen LogP contribution is -2.16. The van der Waals surface area contributed by atoms with E-state index in [1.54, 1.807) is 0 Å². The SMILES string of the molecule is CC1(C)[C@@H]2C[C@@H]3O[C@]3(C)C[C@H]21. The number of fused-ring (bicyclic) bond motifs is 2. The van der Waals surface area contributed by atoms with Crippen molar-refractivity contribution in [3.63, 3.8) is 0 Å². The van der Waals surface area contributed by atoms with Crippen LogP contribution in [-0.2, 0) is 4.74 Å². The third kappa shape index (κ3) is 0.618. The van der Waals surface area contributed by atoms with Crippen LogP contribution >= 0.6 is 0 Å². The van der Waals surface area contributed by atoms with Gasteiger partial charge in [-0.2, -0.15) is 0 Å². The first-order chi connectivity index (χ1) is 5.04. The average Bonchev–Trinajstić information content (AvgIpc) is 2.68. The highest BCUT2D eigenvalue weighted by Gasteiger charge is 2.70. The highest BCUT2D eigenvalue weighted by atomic mass is 16.6. The minimum atomic E-state index is 0.314. The molecule has 0 N–H and O–H groups in total. The first-order valence-corrected chi connectivity index (χ1v) is 4.72. The minimum Gasteiger partial charge on any atom is -0.366 e. The van der Waals surface area contributed by atoms with Crippen LogP contribution in [-0.4, -0.2) is 11.7 Å². The maximum Gasteiger partial charge on any atom is 0.0923 e. The molecule has 1 aliphatic heterocycles. The molecular formula is C10H16O. The van der Waals surface area contributed by atoms with Crippen LogP contribution in [0.2, 0.25) is 0 Å². The molecule has 0 unspecified atom stereocenters. The maximum absolute atomic E-state index is 5.66. The highest BCUT2D eigenvalue weighted by Crippen LogP contribution is 2.70. The molecule has 1 heteroatoms. The molecule has 0 amide bonds. The van der Waals surface area contributed by atoms with Gasteiger partial charge < -0.3 is 4.74 Å². The minimum absolute atomic E-state index is 0.314. The van der Waals surface area contributed by atoms with E-state index in [1.165, 1.54) is 12.8 Å². The first-order valence-electron chi connectivity index (χ1n) is 4.72. The van der Waals surface area contributed by atoms with Crippen molar-refractivity contribution in [2.24, 2.45) is 17.3 Å². The Bertz CT molecular complexity index is 221. The van der Waals surface area contributed by atoms with Gasteiger partial charge in [0.1, 0.15) is 0 Å². The van der Waals surface area contributed by atoms with E-state index in [0.717, 1.165) is 11.8 Å². The molecule has 1 nitrogen and oxygen atoms in total. The lowest BCUT2D eigenvalue weighted by Gasteiger charge is -2.09. The number of hydrogen-bond acceptors (Lipinski definition) is 1. The van der Waals surface area contributed by atoms with Crippen LogP contribution in [0, 0.1) is 17.3 Å². The van der Waals surface area contributed by atoms with E-state index in [2.05, 4.69) is 20.8 Å². The van der Waals surface area contributed by atoms with Gasteiger partial charge in [0, 0.05) is 0 Å². The summed E-state index contributed by atoms with van der Waals surface area (Å²) in [6.45, 7) is 7.11. The number of epoxide rings is 1. The molecule has 62 valence electrons. The van der Waals surface area contributed by atoms with Crippen molar-refractivity contribution in [1.29, 1.82) is 0 Å². The van der Waals surface area contributed by atoms with Crippen molar-refractivity contribution < 1.29 is 4.74 Å². The van der Waals surface area contributed by atoms with Gasteiger partial charge in [-0.3, -0.25) is 0 Å². The smallest absolute Gasteiger partial charge is 0.0923 e. The Kier molecular flexibility index (Phi) is 0.820. The summed E-state index contributed by atoms with van der Waals surface area (Å²) < 4.78 is 5.66. The molecule has 0 aromatic heterocycles. The first kappa shape index (κ1) is 6.47. The summed E-state index contributed by atoms with van der Waals surface area (Å²) in [6, 6.07) is 0. The summed E-state index contributed by atoms with van der Waals surface area (Å²) in [5.41, 5.74) is 0.967. The lowest BCUT2D eigenvalue weighted by molar-refractivity contribution is 0.282. The maximum atomic E-state index is 5.66.